The fraction of sp³-hybridized carbons (Fsp3) is 0.538. The number of hydrogen-bond donors (Lipinski definition) is 2. The quantitative estimate of drug-likeness (QED) is 0.722. The van der Waals surface area contributed by atoms with Crippen LogP contribution in [0.1, 0.15) is 20.3 Å². The van der Waals surface area contributed by atoms with Crippen LogP contribution in [0.15, 0.2) is 18.2 Å². The van der Waals surface area contributed by atoms with Crippen molar-refractivity contribution in [3.63, 3.8) is 0 Å². The number of nitrogens with two attached hydrogens (primary N) is 1. The van der Waals surface area contributed by atoms with Gasteiger partial charge in [-0.2, -0.15) is 0 Å². The first-order chi connectivity index (χ1) is 9.52. The van der Waals surface area contributed by atoms with Crippen molar-refractivity contribution in [1.82, 2.24) is 0 Å². The normalized spacial score (nSPS) is 11.2. The van der Waals surface area contributed by atoms with Gasteiger partial charge >= 0.3 is 0 Å². The molecule has 0 saturated carbocycles. The van der Waals surface area contributed by atoms with E-state index in [0.717, 1.165) is 0 Å². The van der Waals surface area contributed by atoms with E-state index in [2.05, 4.69) is 4.72 Å². The Bertz CT molecular complexity index is 517. The van der Waals surface area contributed by atoms with Gasteiger partial charge in [-0.05, 0) is 38.9 Å². The maximum Gasteiger partial charge on any atom is 0.232 e. The maximum atomic E-state index is 11.8. The third-order valence-electron chi connectivity index (χ3n) is 2.43. The molecule has 6 nitrogen and oxygen atoms in total. The predicted molar refractivity (Wildman–Crippen MR) is 79.9 cm³/mol. The first-order valence-corrected chi connectivity index (χ1v) is 8.27. The van der Waals surface area contributed by atoms with Crippen LogP contribution in [0.5, 0.6) is 11.5 Å². The van der Waals surface area contributed by atoms with Gasteiger partial charge in [-0.25, -0.2) is 8.42 Å². The lowest BCUT2D eigenvalue weighted by Crippen LogP contribution is -2.19. The molecule has 0 aliphatic carbocycles. The monoisotopic (exact) mass is 302 g/mol. The molecule has 0 unspecified atom stereocenters. The van der Waals surface area contributed by atoms with Gasteiger partial charge in [-0.3, -0.25) is 4.72 Å². The van der Waals surface area contributed by atoms with Gasteiger partial charge < -0.3 is 15.2 Å². The van der Waals surface area contributed by atoms with E-state index < -0.39 is 10.0 Å². The van der Waals surface area contributed by atoms with Crippen LogP contribution in [0, 0.1) is 0 Å². The topological polar surface area (TPSA) is 90.7 Å². The van der Waals surface area contributed by atoms with Crippen LogP contribution in [0.2, 0.25) is 0 Å². The van der Waals surface area contributed by atoms with Crippen molar-refractivity contribution in [2.45, 2.75) is 20.3 Å². The summed E-state index contributed by atoms with van der Waals surface area (Å²) in [4.78, 5) is 0. The molecule has 20 heavy (non-hydrogen) atoms. The summed E-state index contributed by atoms with van der Waals surface area (Å²) >= 11 is 0. The maximum absolute atomic E-state index is 11.8. The summed E-state index contributed by atoms with van der Waals surface area (Å²) in [5, 5.41) is 0. The Labute approximate surface area is 120 Å². The number of ether oxygens (including phenoxy) is 2. The van der Waals surface area contributed by atoms with Crippen molar-refractivity contribution in [2.75, 3.05) is 30.2 Å². The highest BCUT2D eigenvalue weighted by Crippen LogP contribution is 2.31. The molecular formula is C13H22N2O4S. The van der Waals surface area contributed by atoms with Crippen molar-refractivity contribution in [1.29, 1.82) is 0 Å². The first-order valence-electron chi connectivity index (χ1n) is 6.62. The molecule has 0 saturated heterocycles. The summed E-state index contributed by atoms with van der Waals surface area (Å²) in [6, 6.07) is 4.96. The van der Waals surface area contributed by atoms with Crippen molar-refractivity contribution in [3.05, 3.63) is 18.2 Å². The van der Waals surface area contributed by atoms with Gasteiger partial charge in [0, 0.05) is 6.07 Å². The highest BCUT2D eigenvalue weighted by molar-refractivity contribution is 7.92. The highest BCUT2D eigenvalue weighted by Gasteiger charge is 2.12. The molecule has 0 amide bonds. The van der Waals surface area contributed by atoms with Crippen LogP contribution in [0.4, 0.5) is 5.69 Å². The number of rotatable bonds is 9. The molecule has 0 fully saturated rings. The van der Waals surface area contributed by atoms with Crippen molar-refractivity contribution in [2.24, 2.45) is 5.73 Å². The van der Waals surface area contributed by atoms with E-state index in [9.17, 15) is 8.42 Å². The zero-order valence-corrected chi connectivity index (χ0v) is 12.7. The second kappa shape index (κ2) is 7.96. The summed E-state index contributed by atoms with van der Waals surface area (Å²) in [6.45, 7) is 5.06. The summed E-state index contributed by atoms with van der Waals surface area (Å²) in [5.41, 5.74) is 5.77. The largest absolute Gasteiger partial charge is 0.490 e. The standard InChI is InChI=1S/C13H22N2O4S/c1-3-18-12-7-6-11(10-13(12)19-4-2)15-20(16,17)9-5-8-14/h6-7,10,15H,3-5,8-9,14H2,1-2H3. The second-order valence-electron chi connectivity index (χ2n) is 4.09. The third-order valence-corrected chi connectivity index (χ3v) is 3.81. The van der Waals surface area contributed by atoms with Crippen LogP contribution in [0.25, 0.3) is 0 Å². The van der Waals surface area contributed by atoms with Gasteiger partial charge in [0.05, 0.1) is 24.7 Å². The van der Waals surface area contributed by atoms with E-state index in [0.29, 0.717) is 43.4 Å². The molecule has 0 spiro atoms. The molecule has 0 heterocycles. The van der Waals surface area contributed by atoms with Gasteiger partial charge in [-0.1, -0.05) is 0 Å². The molecule has 1 aromatic rings. The Kier molecular flexibility index (Phi) is 6.60. The van der Waals surface area contributed by atoms with Crippen molar-refractivity contribution in [3.8, 4) is 11.5 Å². The lowest BCUT2D eigenvalue weighted by molar-refractivity contribution is 0.288. The molecule has 1 aromatic carbocycles. The van der Waals surface area contributed by atoms with Crippen LogP contribution >= 0.6 is 0 Å². The molecule has 1 rings (SSSR count). The molecule has 7 heteroatoms. The van der Waals surface area contributed by atoms with Crippen molar-refractivity contribution >= 4 is 15.7 Å². The minimum atomic E-state index is -3.38. The highest BCUT2D eigenvalue weighted by atomic mass is 32.2. The SMILES string of the molecule is CCOc1ccc(NS(=O)(=O)CCCN)cc1OCC. The molecule has 0 bridgehead atoms. The number of sulfonamides is 1. The summed E-state index contributed by atoms with van der Waals surface area (Å²) in [5.74, 6) is 1.12. The summed E-state index contributed by atoms with van der Waals surface area (Å²) < 4.78 is 37.0. The number of anilines is 1. The average molecular weight is 302 g/mol. The number of benzene rings is 1. The molecule has 114 valence electrons. The van der Waals surface area contributed by atoms with Gasteiger partial charge in [0.1, 0.15) is 0 Å². The fourth-order valence-corrected chi connectivity index (χ4v) is 2.75. The minimum Gasteiger partial charge on any atom is -0.490 e. The Morgan fingerprint density at radius 1 is 1.15 bits per heavy atom. The van der Waals surface area contributed by atoms with Gasteiger partial charge in [-0.15, -0.1) is 0 Å². The van der Waals surface area contributed by atoms with Crippen LogP contribution in [-0.4, -0.2) is 33.9 Å². The molecule has 0 radical (unpaired) electrons. The third kappa shape index (κ3) is 5.26. The van der Waals surface area contributed by atoms with E-state index in [-0.39, 0.29) is 5.75 Å². The smallest absolute Gasteiger partial charge is 0.232 e. The second-order valence-corrected chi connectivity index (χ2v) is 5.93. The molecule has 0 atom stereocenters. The number of hydrogen-bond acceptors (Lipinski definition) is 5. The van der Waals surface area contributed by atoms with E-state index in [1.165, 1.54) is 0 Å². The van der Waals surface area contributed by atoms with E-state index >= 15 is 0 Å². The Morgan fingerprint density at radius 2 is 1.80 bits per heavy atom. The number of nitrogens with one attached hydrogen (secondary N) is 1. The zero-order valence-electron chi connectivity index (χ0n) is 11.9. The van der Waals surface area contributed by atoms with Crippen LogP contribution in [-0.2, 0) is 10.0 Å². The van der Waals surface area contributed by atoms with E-state index in [1.54, 1.807) is 18.2 Å². The zero-order chi connectivity index (χ0) is 15.0. The van der Waals surface area contributed by atoms with Gasteiger partial charge in [0.15, 0.2) is 11.5 Å². The minimum absolute atomic E-state index is 0.000674. The Hall–Kier alpha value is -1.47. The summed E-state index contributed by atoms with van der Waals surface area (Å²) in [6.07, 6.45) is 0.421. The van der Waals surface area contributed by atoms with Gasteiger partial charge in [0.25, 0.3) is 0 Å². The van der Waals surface area contributed by atoms with E-state index in [4.69, 9.17) is 15.2 Å². The van der Waals surface area contributed by atoms with Crippen molar-refractivity contribution < 1.29 is 17.9 Å². The first kappa shape index (κ1) is 16.6. The Morgan fingerprint density at radius 3 is 2.40 bits per heavy atom. The summed E-state index contributed by atoms with van der Waals surface area (Å²) in [7, 11) is -3.38. The lowest BCUT2D eigenvalue weighted by Gasteiger charge is -2.13. The molecular weight excluding hydrogens is 280 g/mol. The molecule has 3 N–H and O–H groups in total. The average Bonchev–Trinajstić information content (AvgIpc) is 2.40. The Balaban J connectivity index is 2.88. The van der Waals surface area contributed by atoms with Gasteiger partial charge in [0.2, 0.25) is 10.0 Å². The fourth-order valence-electron chi connectivity index (χ4n) is 1.62. The predicted octanol–water partition coefficient (Wildman–Crippen LogP) is 1.57. The molecule has 0 aliphatic heterocycles. The van der Waals surface area contributed by atoms with Crippen LogP contribution in [0.3, 0.4) is 0 Å². The lowest BCUT2D eigenvalue weighted by atomic mass is 10.3. The molecule has 0 aromatic heterocycles. The van der Waals surface area contributed by atoms with E-state index in [1.807, 2.05) is 13.8 Å². The van der Waals surface area contributed by atoms with Crippen LogP contribution < -0.4 is 19.9 Å². The molecule has 0 aliphatic rings.